The van der Waals surface area contributed by atoms with Crippen LogP contribution < -0.4 is 0 Å². The summed E-state index contributed by atoms with van der Waals surface area (Å²) in [4.78, 5) is 29.6. The van der Waals surface area contributed by atoms with Gasteiger partial charge >= 0.3 is 0 Å². The Morgan fingerprint density at radius 2 is 1.75 bits per heavy atom. The second-order valence-electron chi connectivity index (χ2n) is 8.19. The number of likely N-dealkylation sites (tertiary alicyclic amines) is 1. The topological polar surface area (TPSA) is 70.1 Å². The molecule has 1 amide bonds. The number of halogens is 1. The zero-order chi connectivity index (χ0) is 22.7. The number of hydrogen-bond acceptors (Lipinski definition) is 5. The number of nitrogens with zero attached hydrogens (tertiary/aromatic N) is 2. The van der Waals surface area contributed by atoms with Crippen LogP contribution in [0.25, 0.3) is 5.76 Å². The number of carbonyl (C=O) groups excluding carboxylic acids is 2. The fraction of sp³-hybridized carbons (Fsp3) is 0.360. The van der Waals surface area contributed by atoms with Crippen molar-refractivity contribution >= 4 is 17.4 Å². The summed E-state index contributed by atoms with van der Waals surface area (Å²) in [6.45, 7) is 5.94. The van der Waals surface area contributed by atoms with E-state index in [2.05, 4.69) is 4.90 Å². The monoisotopic (exact) mass is 438 g/mol. The number of carbonyl (C=O) groups is 2. The molecule has 2 heterocycles. The van der Waals surface area contributed by atoms with E-state index in [1.807, 2.05) is 19.1 Å². The SMILES string of the molecule is Cc1ccc(/C(O)=C2\C(=O)C(=O)N(CCCN3CCOCC3)C2c2ccccc2F)cc1. The number of amides is 1. The average molecular weight is 438 g/mol. The minimum atomic E-state index is -0.970. The number of aliphatic hydroxyl groups excluding tert-OH is 1. The summed E-state index contributed by atoms with van der Waals surface area (Å²) in [5.74, 6) is -2.31. The molecule has 1 unspecified atom stereocenters. The Hall–Kier alpha value is -3.03. The van der Waals surface area contributed by atoms with E-state index in [4.69, 9.17) is 4.74 Å². The fourth-order valence-electron chi connectivity index (χ4n) is 4.29. The largest absolute Gasteiger partial charge is 0.507 e. The number of aryl methyl sites for hydroxylation is 1. The summed E-state index contributed by atoms with van der Waals surface area (Å²) in [5, 5.41) is 11.0. The lowest BCUT2D eigenvalue weighted by atomic mass is 9.94. The van der Waals surface area contributed by atoms with Crippen LogP contribution in [0.3, 0.4) is 0 Å². The van der Waals surface area contributed by atoms with Gasteiger partial charge in [-0.3, -0.25) is 14.5 Å². The van der Waals surface area contributed by atoms with Crippen molar-refractivity contribution in [2.75, 3.05) is 39.4 Å². The maximum absolute atomic E-state index is 14.8. The molecule has 32 heavy (non-hydrogen) atoms. The first-order valence-electron chi connectivity index (χ1n) is 10.9. The Bertz CT molecular complexity index is 1030. The molecule has 2 saturated heterocycles. The van der Waals surface area contributed by atoms with E-state index >= 15 is 0 Å². The van der Waals surface area contributed by atoms with Crippen LogP contribution in [0.5, 0.6) is 0 Å². The minimum Gasteiger partial charge on any atom is -0.507 e. The van der Waals surface area contributed by atoms with Crippen molar-refractivity contribution in [2.45, 2.75) is 19.4 Å². The second-order valence-corrected chi connectivity index (χ2v) is 8.19. The first-order valence-corrected chi connectivity index (χ1v) is 10.9. The van der Waals surface area contributed by atoms with Gasteiger partial charge in [0.05, 0.1) is 24.8 Å². The van der Waals surface area contributed by atoms with Crippen molar-refractivity contribution in [1.29, 1.82) is 0 Å². The van der Waals surface area contributed by atoms with Crippen LogP contribution in [-0.4, -0.2) is 66.0 Å². The maximum Gasteiger partial charge on any atom is 0.295 e. The molecule has 2 aliphatic heterocycles. The molecule has 0 radical (unpaired) electrons. The number of aliphatic hydroxyl groups is 1. The zero-order valence-electron chi connectivity index (χ0n) is 18.1. The van der Waals surface area contributed by atoms with Gasteiger partial charge in [-0.1, -0.05) is 48.0 Å². The quantitative estimate of drug-likeness (QED) is 0.426. The smallest absolute Gasteiger partial charge is 0.295 e. The van der Waals surface area contributed by atoms with Gasteiger partial charge in [0.25, 0.3) is 11.7 Å². The predicted octanol–water partition coefficient (Wildman–Crippen LogP) is 3.28. The van der Waals surface area contributed by atoms with Gasteiger partial charge in [-0.05, 0) is 19.4 Å². The highest BCUT2D eigenvalue weighted by molar-refractivity contribution is 6.46. The molecular weight excluding hydrogens is 411 g/mol. The predicted molar refractivity (Wildman–Crippen MR) is 118 cm³/mol. The summed E-state index contributed by atoms with van der Waals surface area (Å²) < 4.78 is 20.2. The van der Waals surface area contributed by atoms with Gasteiger partial charge in [0, 0.05) is 37.3 Å². The Balaban J connectivity index is 1.68. The third-order valence-corrected chi connectivity index (χ3v) is 6.04. The highest BCUT2D eigenvalue weighted by Crippen LogP contribution is 2.40. The summed E-state index contributed by atoms with van der Waals surface area (Å²) in [6.07, 6.45) is 0.628. The Labute approximate surface area is 186 Å². The Morgan fingerprint density at radius 3 is 2.44 bits per heavy atom. The number of Topliss-reactive ketones (excluding diaryl/α,β-unsaturated/α-hetero) is 1. The molecule has 2 aliphatic rings. The van der Waals surface area contributed by atoms with Crippen LogP contribution in [0.1, 0.15) is 29.2 Å². The van der Waals surface area contributed by atoms with Crippen molar-refractivity contribution in [3.8, 4) is 0 Å². The van der Waals surface area contributed by atoms with Crippen molar-refractivity contribution in [1.82, 2.24) is 9.80 Å². The molecule has 0 spiro atoms. The molecule has 2 aromatic rings. The summed E-state index contributed by atoms with van der Waals surface area (Å²) in [5.41, 5.74) is 1.54. The summed E-state index contributed by atoms with van der Waals surface area (Å²) in [7, 11) is 0. The molecule has 4 rings (SSSR count). The molecule has 1 N–H and O–H groups in total. The van der Waals surface area contributed by atoms with Crippen molar-refractivity contribution in [3.63, 3.8) is 0 Å². The molecule has 0 aromatic heterocycles. The summed E-state index contributed by atoms with van der Waals surface area (Å²) >= 11 is 0. The third kappa shape index (κ3) is 4.45. The molecule has 7 heteroatoms. The lowest BCUT2D eigenvalue weighted by Crippen LogP contribution is -2.39. The van der Waals surface area contributed by atoms with Gasteiger partial charge < -0.3 is 14.7 Å². The average Bonchev–Trinajstić information content (AvgIpc) is 3.05. The molecule has 2 fully saturated rings. The van der Waals surface area contributed by atoms with Gasteiger partial charge in [0.1, 0.15) is 11.6 Å². The van der Waals surface area contributed by atoms with E-state index < -0.39 is 23.5 Å². The van der Waals surface area contributed by atoms with Crippen LogP contribution in [0.2, 0.25) is 0 Å². The van der Waals surface area contributed by atoms with E-state index in [0.29, 0.717) is 25.2 Å². The third-order valence-electron chi connectivity index (χ3n) is 6.04. The molecule has 0 aliphatic carbocycles. The zero-order valence-corrected chi connectivity index (χ0v) is 18.1. The number of morpholine rings is 1. The maximum atomic E-state index is 14.8. The molecule has 1 atom stereocenters. The lowest BCUT2D eigenvalue weighted by Gasteiger charge is -2.29. The molecular formula is C25H27FN2O4. The lowest BCUT2D eigenvalue weighted by molar-refractivity contribution is -0.140. The number of hydrogen-bond donors (Lipinski definition) is 1. The highest BCUT2D eigenvalue weighted by atomic mass is 19.1. The van der Waals surface area contributed by atoms with Crippen LogP contribution in [0.4, 0.5) is 4.39 Å². The first kappa shape index (κ1) is 22.2. The van der Waals surface area contributed by atoms with Crippen LogP contribution >= 0.6 is 0 Å². The number of ketones is 1. The summed E-state index contributed by atoms with van der Waals surface area (Å²) in [6, 6.07) is 12.1. The Morgan fingerprint density at radius 1 is 1.06 bits per heavy atom. The van der Waals surface area contributed by atoms with Gasteiger partial charge in [0.2, 0.25) is 0 Å². The van der Waals surface area contributed by atoms with Crippen LogP contribution in [0.15, 0.2) is 54.1 Å². The normalized spacial score (nSPS) is 21.3. The van der Waals surface area contributed by atoms with Gasteiger partial charge in [-0.25, -0.2) is 4.39 Å². The molecule has 6 nitrogen and oxygen atoms in total. The molecule has 168 valence electrons. The van der Waals surface area contributed by atoms with Gasteiger partial charge in [0.15, 0.2) is 0 Å². The Kier molecular flexibility index (Phi) is 6.67. The van der Waals surface area contributed by atoms with Crippen LogP contribution in [-0.2, 0) is 14.3 Å². The number of benzene rings is 2. The standard InChI is InChI=1S/C25H27FN2O4/c1-17-7-9-18(10-8-17)23(29)21-22(19-5-2-3-6-20(19)26)28(25(31)24(21)30)12-4-11-27-13-15-32-16-14-27/h2-3,5-10,22,29H,4,11-16H2,1H3/b23-21+. The van der Waals surface area contributed by atoms with Crippen LogP contribution in [0, 0.1) is 12.7 Å². The van der Waals surface area contributed by atoms with E-state index in [0.717, 1.165) is 25.2 Å². The van der Waals surface area contributed by atoms with Crippen molar-refractivity contribution in [2.24, 2.45) is 0 Å². The number of ether oxygens (including phenoxy) is 1. The second kappa shape index (κ2) is 9.63. The molecule has 0 bridgehead atoms. The van der Waals surface area contributed by atoms with Gasteiger partial charge in [-0.2, -0.15) is 0 Å². The van der Waals surface area contributed by atoms with E-state index in [1.165, 1.54) is 11.0 Å². The van der Waals surface area contributed by atoms with E-state index in [1.54, 1.807) is 30.3 Å². The van der Waals surface area contributed by atoms with E-state index in [9.17, 15) is 19.1 Å². The minimum absolute atomic E-state index is 0.0738. The molecule has 0 saturated carbocycles. The fourth-order valence-corrected chi connectivity index (χ4v) is 4.29. The van der Waals surface area contributed by atoms with Gasteiger partial charge in [-0.15, -0.1) is 0 Å². The first-order chi connectivity index (χ1) is 15.5. The van der Waals surface area contributed by atoms with Crippen molar-refractivity contribution < 1.29 is 23.8 Å². The van der Waals surface area contributed by atoms with E-state index in [-0.39, 0.29) is 23.4 Å². The van der Waals surface area contributed by atoms with Crippen molar-refractivity contribution in [3.05, 3.63) is 76.6 Å². The highest BCUT2D eigenvalue weighted by Gasteiger charge is 2.46. The molecule has 2 aromatic carbocycles. The number of rotatable bonds is 6.